The predicted octanol–water partition coefficient (Wildman–Crippen LogP) is 5.22. The van der Waals surface area contributed by atoms with E-state index in [2.05, 4.69) is 23.2 Å². The van der Waals surface area contributed by atoms with Gasteiger partial charge in [0.1, 0.15) is 0 Å². The number of hydrazone groups is 1. The smallest absolute Gasteiger partial charge is 0.251 e. The molecule has 188 valence electrons. The molecule has 1 aromatic heterocycles. The molecular formula is C28H24Cl2N4O2S. The van der Waals surface area contributed by atoms with Crippen LogP contribution in [-0.4, -0.2) is 33.0 Å². The van der Waals surface area contributed by atoms with Crippen molar-refractivity contribution in [1.82, 2.24) is 14.9 Å². The molecule has 9 heteroatoms. The van der Waals surface area contributed by atoms with E-state index in [9.17, 15) is 9.90 Å². The van der Waals surface area contributed by atoms with Gasteiger partial charge in [-0.25, -0.2) is 0 Å². The Kier molecular flexibility index (Phi) is 5.99. The van der Waals surface area contributed by atoms with Crippen molar-refractivity contribution >= 4 is 52.6 Å². The van der Waals surface area contributed by atoms with Gasteiger partial charge in [-0.05, 0) is 77.1 Å². The lowest BCUT2D eigenvalue weighted by Gasteiger charge is -2.34. The Morgan fingerprint density at radius 1 is 1.05 bits per heavy atom. The molecule has 2 aliphatic heterocycles. The number of rotatable bonds is 4. The summed E-state index contributed by atoms with van der Waals surface area (Å²) in [6.07, 6.45) is 1.62. The van der Waals surface area contributed by atoms with Crippen LogP contribution in [0.1, 0.15) is 23.1 Å². The van der Waals surface area contributed by atoms with Crippen LogP contribution in [0, 0.1) is 0 Å². The predicted molar refractivity (Wildman–Crippen MR) is 153 cm³/mol. The lowest BCUT2D eigenvalue weighted by Crippen LogP contribution is -2.46. The average molecular weight is 551 g/mol. The molecule has 3 aromatic carbocycles. The van der Waals surface area contributed by atoms with Gasteiger partial charge in [-0.2, -0.15) is 5.10 Å². The highest BCUT2D eigenvalue weighted by atomic mass is 35.5. The van der Waals surface area contributed by atoms with Crippen molar-refractivity contribution in [3.8, 4) is 11.1 Å². The minimum atomic E-state index is -1.61. The third kappa shape index (κ3) is 3.92. The number of aromatic nitrogens is 1. The van der Waals surface area contributed by atoms with Crippen LogP contribution in [0.3, 0.4) is 0 Å². The van der Waals surface area contributed by atoms with E-state index in [4.69, 9.17) is 23.2 Å². The molecule has 2 atom stereocenters. The van der Waals surface area contributed by atoms with E-state index >= 15 is 0 Å². The standard InChI is InChI=1S/C28H24Cl2N4O2S/c1-33-26(31-32-27(33)37)28(36,18-7-9-20(29)10-8-18)19-12-17-5-3-11-34-24(35)15-22(23(14-19)25(17)34)16-4-2-6-21(30)13-16/h2,4,6-10,12-15,27,32,36-37H,3,5,11H2,1H3. The van der Waals surface area contributed by atoms with Gasteiger partial charge >= 0.3 is 0 Å². The number of hydrogen-bond acceptors (Lipinski definition) is 6. The van der Waals surface area contributed by atoms with Gasteiger partial charge in [0.25, 0.3) is 5.56 Å². The summed E-state index contributed by atoms with van der Waals surface area (Å²) in [5.41, 5.74) is 5.66. The molecule has 6 rings (SSSR count). The lowest BCUT2D eigenvalue weighted by atomic mass is 9.81. The molecule has 4 aromatic rings. The average Bonchev–Trinajstić information content (AvgIpc) is 3.24. The van der Waals surface area contributed by atoms with Crippen molar-refractivity contribution in [2.24, 2.45) is 5.10 Å². The minimum Gasteiger partial charge on any atom is -0.373 e. The van der Waals surface area contributed by atoms with Gasteiger partial charge in [0.2, 0.25) is 0 Å². The van der Waals surface area contributed by atoms with Gasteiger partial charge in [0, 0.05) is 35.1 Å². The van der Waals surface area contributed by atoms with E-state index in [0.29, 0.717) is 33.6 Å². The Balaban J connectivity index is 1.69. The zero-order valence-corrected chi connectivity index (χ0v) is 22.4. The van der Waals surface area contributed by atoms with E-state index in [-0.39, 0.29) is 11.1 Å². The summed E-state index contributed by atoms with van der Waals surface area (Å²) >= 11 is 17.1. The van der Waals surface area contributed by atoms with E-state index in [0.717, 1.165) is 40.4 Å². The molecule has 37 heavy (non-hydrogen) atoms. The number of hydrogen-bond donors (Lipinski definition) is 3. The Labute approximate surface area is 229 Å². The van der Waals surface area contributed by atoms with Gasteiger partial charge in [0.15, 0.2) is 16.9 Å². The topological polar surface area (TPSA) is 69.9 Å². The zero-order chi connectivity index (χ0) is 25.9. The number of pyridine rings is 1. The number of thiol groups is 1. The maximum Gasteiger partial charge on any atom is 0.251 e. The monoisotopic (exact) mass is 550 g/mol. The molecule has 0 saturated heterocycles. The summed E-state index contributed by atoms with van der Waals surface area (Å²) in [7, 11) is 1.83. The Bertz CT molecular complexity index is 1640. The number of amidine groups is 1. The molecule has 2 unspecified atom stereocenters. The van der Waals surface area contributed by atoms with E-state index in [1.807, 2.05) is 48.0 Å². The summed E-state index contributed by atoms with van der Waals surface area (Å²) in [4.78, 5) is 15.0. The van der Waals surface area contributed by atoms with Gasteiger partial charge in [-0.1, -0.05) is 47.5 Å². The van der Waals surface area contributed by atoms with Crippen LogP contribution in [0.5, 0.6) is 0 Å². The first-order valence-corrected chi connectivity index (χ1v) is 13.2. The number of aryl methyl sites for hydroxylation is 2. The summed E-state index contributed by atoms with van der Waals surface area (Å²) in [6.45, 7) is 0.652. The van der Waals surface area contributed by atoms with Crippen molar-refractivity contribution in [2.75, 3.05) is 7.05 Å². The number of halogens is 2. The summed E-state index contributed by atoms with van der Waals surface area (Å²) in [5, 5.41) is 19.1. The molecule has 0 spiro atoms. The second kappa shape index (κ2) is 9.10. The van der Waals surface area contributed by atoms with Gasteiger partial charge < -0.3 is 14.6 Å². The third-order valence-electron chi connectivity index (χ3n) is 7.24. The molecule has 3 heterocycles. The molecule has 2 aliphatic rings. The van der Waals surface area contributed by atoms with Crippen molar-refractivity contribution in [2.45, 2.75) is 30.5 Å². The van der Waals surface area contributed by atoms with Crippen LogP contribution in [0.15, 0.2) is 76.6 Å². The van der Waals surface area contributed by atoms with Crippen molar-refractivity contribution in [3.05, 3.63) is 104 Å². The normalized spacial score (nSPS) is 18.5. The SMILES string of the molecule is CN1C(C(O)(c2ccc(Cl)cc2)c2cc3c4c(c2)c(-c2cccc(Cl)c2)cc(=O)n4CCC3)=NNC1S. The molecule has 2 N–H and O–H groups in total. The maximum atomic E-state index is 13.2. The summed E-state index contributed by atoms with van der Waals surface area (Å²) in [6, 6.07) is 20.2. The molecule has 0 fully saturated rings. The molecule has 0 bridgehead atoms. The molecule has 0 saturated carbocycles. The number of nitrogens with zero attached hydrogens (tertiary/aromatic N) is 3. The largest absolute Gasteiger partial charge is 0.373 e. The fourth-order valence-corrected chi connectivity index (χ4v) is 5.89. The van der Waals surface area contributed by atoms with Gasteiger partial charge in [-0.15, -0.1) is 12.6 Å². The van der Waals surface area contributed by atoms with Crippen molar-refractivity contribution in [1.29, 1.82) is 0 Å². The number of benzene rings is 3. The van der Waals surface area contributed by atoms with Crippen LogP contribution in [0.2, 0.25) is 10.0 Å². The van der Waals surface area contributed by atoms with Crippen molar-refractivity contribution < 1.29 is 5.11 Å². The second-order valence-corrected chi connectivity index (χ2v) is 10.8. The highest BCUT2D eigenvalue weighted by Gasteiger charge is 2.44. The van der Waals surface area contributed by atoms with Crippen LogP contribution in [0.25, 0.3) is 22.0 Å². The highest BCUT2D eigenvalue weighted by molar-refractivity contribution is 7.80. The van der Waals surface area contributed by atoms with Crippen LogP contribution >= 0.6 is 35.8 Å². The van der Waals surface area contributed by atoms with Crippen molar-refractivity contribution in [3.63, 3.8) is 0 Å². The fraction of sp³-hybridized carbons (Fsp3) is 0.214. The Hall–Kier alpha value is -2.97. The number of nitrogens with one attached hydrogen (secondary N) is 1. The van der Waals surface area contributed by atoms with Gasteiger partial charge in [0.05, 0.1) is 5.52 Å². The summed E-state index contributed by atoms with van der Waals surface area (Å²) in [5.74, 6) is 0.412. The first-order chi connectivity index (χ1) is 17.8. The number of aliphatic hydroxyl groups is 1. The highest BCUT2D eigenvalue weighted by Crippen LogP contribution is 2.40. The molecule has 0 radical (unpaired) electrons. The summed E-state index contributed by atoms with van der Waals surface area (Å²) < 4.78 is 1.83. The molecular weight excluding hydrogens is 527 g/mol. The van der Waals surface area contributed by atoms with E-state index < -0.39 is 5.60 Å². The molecule has 0 amide bonds. The zero-order valence-electron chi connectivity index (χ0n) is 19.9. The third-order valence-corrected chi connectivity index (χ3v) is 8.19. The molecule has 0 aliphatic carbocycles. The Morgan fingerprint density at radius 3 is 2.54 bits per heavy atom. The fourth-order valence-electron chi connectivity index (χ4n) is 5.40. The van der Waals surface area contributed by atoms with Crippen LogP contribution < -0.4 is 11.0 Å². The maximum absolute atomic E-state index is 13.2. The van der Waals surface area contributed by atoms with Crippen LogP contribution in [-0.2, 0) is 18.6 Å². The quantitative estimate of drug-likeness (QED) is 0.305. The first-order valence-electron chi connectivity index (χ1n) is 12.0. The molecule has 6 nitrogen and oxygen atoms in total. The Morgan fingerprint density at radius 2 is 1.84 bits per heavy atom. The number of likely N-dealkylation sites (N-methyl/N-ethyl adjacent to an activating group) is 1. The van der Waals surface area contributed by atoms with E-state index in [1.165, 1.54) is 0 Å². The first kappa shape index (κ1) is 24.4. The van der Waals surface area contributed by atoms with Gasteiger partial charge in [-0.3, -0.25) is 10.2 Å². The second-order valence-electron chi connectivity index (χ2n) is 9.46. The van der Waals surface area contributed by atoms with Crippen LogP contribution in [0.4, 0.5) is 0 Å². The van der Waals surface area contributed by atoms with E-state index in [1.54, 1.807) is 35.2 Å². The minimum absolute atomic E-state index is 0.0499. The lowest BCUT2D eigenvalue weighted by molar-refractivity contribution is 0.142.